The van der Waals surface area contributed by atoms with Crippen LogP contribution in [-0.4, -0.2) is 33.7 Å². The number of anilines is 2. The lowest BCUT2D eigenvalue weighted by Crippen LogP contribution is -2.31. The number of benzene rings is 2. The molecule has 9 heteroatoms. The van der Waals surface area contributed by atoms with Crippen molar-refractivity contribution in [2.24, 2.45) is 11.3 Å². The molecule has 3 atom stereocenters. The summed E-state index contributed by atoms with van der Waals surface area (Å²) >= 11 is 0. The molecule has 0 radical (unpaired) electrons. The predicted octanol–water partition coefficient (Wildman–Crippen LogP) is 8.17. The van der Waals surface area contributed by atoms with Crippen molar-refractivity contribution in [3.63, 3.8) is 0 Å². The van der Waals surface area contributed by atoms with E-state index in [-0.39, 0.29) is 17.2 Å². The van der Waals surface area contributed by atoms with E-state index >= 15 is 0 Å². The fraction of sp³-hybridized carbons (Fsp3) is 0.567. The first kappa shape index (κ1) is 29.1. The molecule has 3 aromatic rings. The average molecular weight is 548 g/mol. The van der Waals surface area contributed by atoms with Gasteiger partial charge in [0.25, 0.3) is 0 Å². The molecule has 0 aliphatic heterocycles. The summed E-state index contributed by atoms with van der Waals surface area (Å²) in [7, 11) is 1.65. The molecule has 1 aliphatic rings. The summed E-state index contributed by atoms with van der Waals surface area (Å²) in [6.07, 6.45) is 0.699. The molecule has 1 fully saturated rings. The van der Waals surface area contributed by atoms with Crippen LogP contribution in [0.25, 0.3) is 11.0 Å². The van der Waals surface area contributed by atoms with E-state index in [4.69, 9.17) is 9.72 Å². The number of alkyl halides is 3. The van der Waals surface area contributed by atoms with Gasteiger partial charge in [-0.2, -0.15) is 0 Å². The molecular weight excluding hydrogens is 507 g/mol. The number of fused-ring (bicyclic) bond motifs is 1. The van der Waals surface area contributed by atoms with E-state index in [0.29, 0.717) is 30.4 Å². The normalized spacial score (nSPS) is 22.2. The number of rotatable bonds is 9. The third-order valence-corrected chi connectivity index (χ3v) is 7.90. The van der Waals surface area contributed by atoms with Crippen molar-refractivity contribution in [1.82, 2.24) is 9.55 Å². The molecule has 0 bridgehead atoms. The van der Waals surface area contributed by atoms with E-state index in [2.05, 4.69) is 35.4 Å². The van der Waals surface area contributed by atoms with E-state index in [1.54, 1.807) is 33.1 Å². The molecule has 1 heterocycles. The van der Waals surface area contributed by atoms with Gasteiger partial charge >= 0.3 is 6.36 Å². The molecule has 1 saturated carbocycles. The Labute approximate surface area is 228 Å². The van der Waals surface area contributed by atoms with Crippen LogP contribution >= 0.6 is 0 Å². The number of aliphatic hydroxyl groups is 1. The van der Waals surface area contributed by atoms with Crippen LogP contribution in [0.4, 0.5) is 24.8 Å². The minimum absolute atomic E-state index is 0.186. The highest BCUT2D eigenvalue weighted by molar-refractivity contribution is 5.83. The number of methoxy groups -OCH3 is 1. The standard InChI is InChI=1S/C30H40F3N3O3/c1-7-29(5)17-19(2)14-22(18-29)36-25-16-26(38-6)20(12-13-28(3,4)37)15-24(25)35-27(36)34-21-8-10-23(11-9-21)39-30(31,32)33/h8-11,15-16,19,22,37H,7,12-14,17-18H2,1-6H3,(H,34,35)/t19-,22+,29?/m1/s1. The molecule has 214 valence electrons. The summed E-state index contributed by atoms with van der Waals surface area (Å²) in [6, 6.07) is 9.92. The van der Waals surface area contributed by atoms with Crippen molar-refractivity contribution in [2.45, 2.75) is 91.1 Å². The lowest BCUT2D eigenvalue weighted by atomic mass is 9.68. The number of hydrogen-bond acceptors (Lipinski definition) is 5. The maximum absolute atomic E-state index is 12.6. The molecule has 0 amide bonds. The average Bonchev–Trinajstić information content (AvgIpc) is 3.18. The highest BCUT2D eigenvalue weighted by Gasteiger charge is 2.37. The summed E-state index contributed by atoms with van der Waals surface area (Å²) in [5, 5.41) is 13.6. The Bertz CT molecular complexity index is 1280. The zero-order chi connectivity index (χ0) is 28.6. The van der Waals surface area contributed by atoms with E-state index in [9.17, 15) is 18.3 Å². The van der Waals surface area contributed by atoms with Crippen LogP contribution in [0.5, 0.6) is 11.5 Å². The fourth-order valence-corrected chi connectivity index (χ4v) is 5.93. The SMILES string of the molecule is CCC1(C)C[C@H](C)C[C@H](n2c(Nc3ccc(OC(F)(F)F)cc3)nc3cc(CCC(C)(C)O)c(OC)cc32)C1. The molecule has 1 aromatic heterocycles. The van der Waals surface area contributed by atoms with Gasteiger partial charge in [-0.3, -0.25) is 0 Å². The number of imidazole rings is 1. The molecule has 1 aliphatic carbocycles. The smallest absolute Gasteiger partial charge is 0.496 e. The third kappa shape index (κ3) is 7.18. The first-order valence-electron chi connectivity index (χ1n) is 13.6. The molecule has 1 unspecified atom stereocenters. The second-order valence-electron chi connectivity index (χ2n) is 12.0. The van der Waals surface area contributed by atoms with E-state index in [0.717, 1.165) is 41.6 Å². The Morgan fingerprint density at radius 3 is 2.44 bits per heavy atom. The molecule has 39 heavy (non-hydrogen) atoms. The Kier molecular flexibility index (Phi) is 8.13. The lowest BCUT2D eigenvalue weighted by Gasteiger charge is -2.42. The summed E-state index contributed by atoms with van der Waals surface area (Å²) < 4.78 is 49.9. The number of aromatic nitrogens is 2. The van der Waals surface area contributed by atoms with Gasteiger partial charge in [0.15, 0.2) is 0 Å². The molecule has 6 nitrogen and oxygen atoms in total. The maximum atomic E-state index is 12.6. The van der Waals surface area contributed by atoms with Crippen molar-refractivity contribution >= 4 is 22.7 Å². The maximum Gasteiger partial charge on any atom is 0.573 e. The third-order valence-electron chi connectivity index (χ3n) is 7.90. The zero-order valence-corrected chi connectivity index (χ0v) is 23.7. The summed E-state index contributed by atoms with van der Waals surface area (Å²) in [5.41, 5.74) is 2.71. The van der Waals surface area contributed by atoms with Gasteiger partial charge in [0.2, 0.25) is 5.95 Å². The fourth-order valence-electron chi connectivity index (χ4n) is 5.93. The van der Waals surface area contributed by atoms with Crippen molar-refractivity contribution in [2.75, 3.05) is 12.4 Å². The topological polar surface area (TPSA) is 68.5 Å². The Hall–Kier alpha value is -2.94. The molecule has 0 saturated heterocycles. The Balaban J connectivity index is 1.77. The van der Waals surface area contributed by atoms with Gasteiger partial charge in [-0.1, -0.05) is 27.2 Å². The second-order valence-corrected chi connectivity index (χ2v) is 12.0. The van der Waals surface area contributed by atoms with Crippen LogP contribution in [0.2, 0.25) is 0 Å². The highest BCUT2D eigenvalue weighted by Crippen LogP contribution is 2.48. The van der Waals surface area contributed by atoms with Gasteiger partial charge in [-0.25, -0.2) is 4.98 Å². The zero-order valence-electron chi connectivity index (χ0n) is 23.7. The van der Waals surface area contributed by atoms with Crippen molar-refractivity contribution in [3.8, 4) is 11.5 Å². The van der Waals surface area contributed by atoms with Gasteiger partial charge in [0.05, 0.1) is 23.7 Å². The van der Waals surface area contributed by atoms with Crippen molar-refractivity contribution in [3.05, 3.63) is 42.0 Å². The summed E-state index contributed by atoms with van der Waals surface area (Å²) in [6.45, 7) is 10.4. The van der Waals surface area contributed by atoms with Gasteiger partial charge in [-0.05, 0) is 93.2 Å². The van der Waals surface area contributed by atoms with Gasteiger partial charge in [-0.15, -0.1) is 13.2 Å². The number of nitrogens with one attached hydrogen (secondary N) is 1. The van der Waals surface area contributed by atoms with Crippen molar-refractivity contribution < 1.29 is 27.8 Å². The number of aryl methyl sites for hydroxylation is 1. The van der Waals surface area contributed by atoms with Crippen LogP contribution < -0.4 is 14.8 Å². The predicted molar refractivity (Wildman–Crippen MR) is 148 cm³/mol. The molecule has 2 aromatic carbocycles. The largest absolute Gasteiger partial charge is 0.573 e. The van der Waals surface area contributed by atoms with Crippen LogP contribution in [-0.2, 0) is 6.42 Å². The van der Waals surface area contributed by atoms with E-state index in [1.165, 1.54) is 18.6 Å². The lowest BCUT2D eigenvalue weighted by molar-refractivity contribution is -0.274. The molecule has 4 rings (SSSR count). The Morgan fingerprint density at radius 1 is 1.15 bits per heavy atom. The number of nitrogens with zero attached hydrogens (tertiary/aromatic N) is 2. The minimum atomic E-state index is -4.74. The summed E-state index contributed by atoms with van der Waals surface area (Å²) in [5.74, 6) is 1.64. The molecular formula is C30H40F3N3O3. The Morgan fingerprint density at radius 2 is 1.85 bits per heavy atom. The van der Waals surface area contributed by atoms with Crippen LogP contribution in [0.1, 0.15) is 78.3 Å². The van der Waals surface area contributed by atoms with Gasteiger partial charge in [0.1, 0.15) is 11.5 Å². The highest BCUT2D eigenvalue weighted by atomic mass is 19.4. The van der Waals surface area contributed by atoms with Crippen LogP contribution in [0, 0.1) is 11.3 Å². The van der Waals surface area contributed by atoms with Crippen molar-refractivity contribution in [1.29, 1.82) is 0 Å². The monoisotopic (exact) mass is 547 g/mol. The van der Waals surface area contributed by atoms with Crippen LogP contribution in [0.3, 0.4) is 0 Å². The van der Waals surface area contributed by atoms with Gasteiger partial charge < -0.3 is 24.5 Å². The first-order valence-corrected chi connectivity index (χ1v) is 13.6. The van der Waals surface area contributed by atoms with E-state index < -0.39 is 12.0 Å². The second kappa shape index (κ2) is 10.9. The number of hydrogen-bond donors (Lipinski definition) is 2. The quantitative estimate of drug-likeness (QED) is 0.283. The van der Waals surface area contributed by atoms with Crippen LogP contribution in [0.15, 0.2) is 36.4 Å². The molecule has 0 spiro atoms. The molecule has 2 N–H and O–H groups in total. The number of ether oxygens (including phenoxy) is 2. The van der Waals surface area contributed by atoms with E-state index in [1.807, 2.05) is 12.1 Å². The summed E-state index contributed by atoms with van der Waals surface area (Å²) in [4.78, 5) is 4.97. The number of halogens is 3. The minimum Gasteiger partial charge on any atom is -0.496 e. The van der Waals surface area contributed by atoms with Gasteiger partial charge in [0, 0.05) is 17.8 Å². The first-order chi connectivity index (χ1) is 18.2.